The van der Waals surface area contributed by atoms with Crippen molar-refractivity contribution < 1.29 is 9.90 Å². The molecule has 0 amide bonds. The van der Waals surface area contributed by atoms with E-state index in [1.807, 2.05) is 24.3 Å². The average molecular weight is 244 g/mol. The summed E-state index contributed by atoms with van der Waals surface area (Å²) in [5, 5.41) is 24.1. The lowest BCUT2D eigenvalue weighted by Gasteiger charge is -2.01. The summed E-state index contributed by atoms with van der Waals surface area (Å²) in [5.41, 5.74) is 1.78. The normalized spacial score (nSPS) is 10.3. The van der Waals surface area contributed by atoms with Gasteiger partial charge in [0.25, 0.3) is 0 Å². The number of hydrogen-bond acceptors (Lipinski definition) is 5. The van der Waals surface area contributed by atoms with Crippen LogP contribution in [-0.2, 0) is 11.2 Å². The highest BCUT2D eigenvalue weighted by molar-refractivity contribution is 5.67. The molecule has 2 rings (SSSR count). The smallest absolute Gasteiger partial charge is 0.303 e. The SMILES string of the molecule is Cc1nnc(-c2ccc(CCC(=O)O)cc2)nn1. The maximum absolute atomic E-state index is 10.5. The lowest BCUT2D eigenvalue weighted by Crippen LogP contribution is -1.99. The van der Waals surface area contributed by atoms with Crippen LogP contribution in [-0.4, -0.2) is 31.5 Å². The van der Waals surface area contributed by atoms with E-state index in [4.69, 9.17) is 5.11 Å². The van der Waals surface area contributed by atoms with Crippen molar-refractivity contribution in [1.82, 2.24) is 20.4 Å². The summed E-state index contributed by atoms with van der Waals surface area (Å²) in [5.74, 6) is 0.191. The van der Waals surface area contributed by atoms with Crippen molar-refractivity contribution in [2.75, 3.05) is 0 Å². The molecule has 0 aliphatic heterocycles. The van der Waals surface area contributed by atoms with Crippen LogP contribution in [0.3, 0.4) is 0 Å². The number of hydrogen-bond donors (Lipinski definition) is 1. The van der Waals surface area contributed by atoms with Gasteiger partial charge in [0.15, 0.2) is 5.82 Å². The Morgan fingerprint density at radius 1 is 1.11 bits per heavy atom. The quantitative estimate of drug-likeness (QED) is 0.870. The number of benzene rings is 1. The molecule has 0 unspecified atom stereocenters. The first-order chi connectivity index (χ1) is 8.65. The number of carboxylic acid groups (broad SMARTS) is 1. The molecule has 0 radical (unpaired) electrons. The van der Waals surface area contributed by atoms with Crippen molar-refractivity contribution in [2.45, 2.75) is 19.8 Å². The molecule has 0 fully saturated rings. The van der Waals surface area contributed by atoms with E-state index in [0.29, 0.717) is 18.1 Å². The molecule has 1 heterocycles. The summed E-state index contributed by atoms with van der Waals surface area (Å²) < 4.78 is 0. The Morgan fingerprint density at radius 3 is 2.28 bits per heavy atom. The number of aromatic nitrogens is 4. The minimum absolute atomic E-state index is 0.128. The van der Waals surface area contributed by atoms with Gasteiger partial charge in [0.05, 0.1) is 0 Å². The molecule has 0 bridgehead atoms. The van der Waals surface area contributed by atoms with Gasteiger partial charge in [-0.1, -0.05) is 24.3 Å². The van der Waals surface area contributed by atoms with Crippen molar-refractivity contribution in [1.29, 1.82) is 0 Å². The molecule has 0 aliphatic rings. The Labute approximate surface area is 104 Å². The number of aryl methyl sites for hydroxylation is 2. The molecule has 1 aromatic carbocycles. The molecule has 6 nitrogen and oxygen atoms in total. The third-order valence-corrected chi connectivity index (χ3v) is 2.42. The number of aliphatic carboxylic acids is 1. The predicted octanol–water partition coefficient (Wildman–Crippen LogP) is 1.26. The molecule has 6 heteroatoms. The van der Waals surface area contributed by atoms with Crippen molar-refractivity contribution >= 4 is 5.97 Å². The first-order valence-corrected chi connectivity index (χ1v) is 5.50. The van der Waals surface area contributed by atoms with Gasteiger partial charge in [-0.05, 0) is 18.9 Å². The van der Waals surface area contributed by atoms with E-state index in [9.17, 15) is 4.79 Å². The van der Waals surface area contributed by atoms with Crippen LogP contribution in [0.2, 0.25) is 0 Å². The first-order valence-electron chi connectivity index (χ1n) is 5.50. The number of rotatable bonds is 4. The highest BCUT2D eigenvalue weighted by Crippen LogP contribution is 2.14. The zero-order chi connectivity index (χ0) is 13.0. The van der Waals surface area contributed by atoms with Crippen LogP contribution < -0.4 is 0 Å². The molecule has 92 valence electrons. The van der Waals surface area contributed by atoms with Crippen LogP contribution in [0, 0.1) is 6.92 Å². The monoisotopic (exact) mass is 244 g/mol. The third kappa shape index (κ3) is 3.07. The number of nitrogens with zero attached hydrogens (tertiary/aromatic N) is 4. The van der Waals surface area contributed by atoms with E-state index >= 15 is 0 Å². The van der Waals surface area contributed by atoms with Crippen molar-refractivity contribution in [3.05, 3.63) is 35.7 Å². The van der Waals surface area contributed by atoms with E-state index in [2.05, 4.69) is 20.4 Å². The Morgan fingerprint density at radius 2 is 1.72 bits per heavy atom. The van der Waals surface area contributed by atoms with E-state index in [0.717, 1.165) is 11.1 Å². The Bertz CT molecular complexity index is 537. The van der Waals surface area contributed by atoms with Gasteiger partial charge < -0.3 is 5.11 Å². The van der Waals surface area contributed by atoms with Gasteiger partial charge in [0.1, 0.15) is 0 Å². The van der Waals surface area contributed by atoms with Crippen LogP contribution in [0.5, 0.6) is 0 Å². The third-order valence-electron chi connectivity index (χ3n) is 2.42. The van der Waals surface area contributed by atoms with Crippen LogP contribution in [0.25, 0.3) is 11.4 Å². The first kappa shape index (κ1) is 12.1. The molecule has 2 aromatic rings. The molecule has 0 saturated carbocycles. The lowest BCUT2D eigenvalue weighted by molar-refractivity contribution is -0.136. The van der Waals surface area contributed by atoms with Gasteiger partial charge in [-0.15, -0.1) is 20.4 Å². The van der Waals surface area contributed by atoms with Crippen LogP contribution in [0.15, 0.2) is 24.3 Å². The molecule has 0 atom stereocenters. The fourth-order valence-electron chi connectivity index (χ4n) is 1.47. The van der Waals surface area contributed by atoms with Gasteiger partial charge in [0, 0.05) is 12.0 Å². The molecule has 1 aromatic heterocycles. The molecule has 0 aliphatic carbocycles. The van der Waals surface area contributed by atoms with Gasteiger partial charge in [0.2, 0.25) is 5.82 Å². The summed E-state index contributed by atoms with van der Waals surface area (Å²) in [6.45, 7) is 1.72. The zero-order valence-electron chi connectivity index (χ0n) is 9.87. The van der Waals surface area contributed by atoms with Crippen LogP contribution in [0.4, 0.5) is 0 Å². The molecule has 1 N–H and O–H groups in total. The number of carbonyl (C=O) groups is 1. The topological polar surface area (TPSA) is 88.9 Å². The zero-order valence-corrected chi connectivity index (χ0v) is 9.87. The molecule has 18 heavy (non-hydrogen) atoms. The summed E-state index contributed by atoms with van der Waals surface area (Å²) in [6.07, 6.45) is 0.643. The summed E-state index contributed by atoms with van der Waals surface area (Å²) in [7, 11) is 0. The maximum Gasteiger partial charge on any atom is 0.303 e. The van der Waals surface area contributed by atoms with Crippen molar-refractivity contribution in [3.8, 4) is 11.4 Å². The van der Waals surface area contributed by atoms with E-state index in [1.165, 1.54) is 0 Å². The Hall–Kier alpha value is -2.37. The second-order valence-corrected chi connectivity index (χ2v) is 3.86. The van der Waals surface area contributed by atoms with Gasteiger partial charge >= 0.3 is 5.97 Å². The average Bonchev–Trinajstić information content (AvgIpc) is 2.38. The minimum atomic E-state index is -0.797. The standard InChI is InChI=1S/C12H12N4O2/c1-8-13-15-12(16-14-8)10-5-2-9(3-6-10)4-7-11(17)18/h2-3,5-6H,4,7H2,1H3,(H,17,18). The summed E-state index contributed by atoms with van der Waals surface area (Å²) in [4.78, 5) is 10.5. The van der Waals surface area contributed by atoms with Crippen molar-refractivity contribution in [3.63, 3.8) is 0 Å². The molecular formula is C12H12N4O2. The molecule has 0 saturated heterocycles. The second kappa shape index (κ2) is 5.31. The van der Waals surface area contributed by atoms with Crippen LogP contribution >= 0.6 is 0 Å². The minimum Gasteiger partial charge on any atom is -0.481 e. The highest BCUT2D eigenvalue weighted by Gasteiger charge is 2.04. The van der Waals surface area contributed by atoms with E-state index < -0.39 is 5.97 Å². The van der Waals surface area contributed by atoms with Gasteiger partial charge in [-0.2, -0.15) is 0 Å². The summed E-state index contributed by atoms with van der Waals surface area (Å²) >= 11 is 0. The fraction of sp³-hybridized carbons (Fsp3) is 0.250. The van der Waals surface area contributed by atoms with Crippen molar-refractivity contribution in [2.24, 2.45) is 0 Å². The Kier molecular flexibility index (Phi) is 3.57. The van der Waals surface area contributed by atoms with E-state index in [1.54, 1.807) is 6.92 Å². The second-order valence-electron chi connectivity index (χ2n) is 3.86. The molecule has 0 spiro atoms. The molecular weight excluding hydrogens is 232 g/mol. The summed E-state index contributed by atoms with van der Waals surface area (Å²) in [6, 6.07) is 7.40. The highest BCUT2D eigenvalue weighted by atomic mass is 16.4. The van der Waals surface area contributed by atoms with Crippen LogP contribution in [0.1, 0.15) is 17.8 Å². The van der Waals surface area contributed by atoms with Gasteiger partial charge in [-0.3, -0.25) is 4.79 Å². The Balaban J connectivity index is 2.12. The fourth-order valence-corrected chi connectivity index (χ4v) is 1.47. The maximum atomic E-state index is 10.5. The lowest BCUT2D eigenvalue weighted by atomic mass is 10.1. The van der Waals surface area contributed by atoms with E-state index in [-0.39, 0.29) is 6.42 Å². The van der Waals surface area contributed by atoms with Gasteiger partial charge in [-0.25, -0.2) is 0 Å². The number of carboxylic acids is 1. The largest absolute Gasteiger partial charge is 0.481 e. The predicted molar refractivity (Wildman–Crippen MR) is 63.8 cm³/mol.